The molecule has 0 saturated carbocycles. The molecule has 0 fully saturated rings. The highest BCUT2D eigenvalue weighted by molar-refractivity contribution is 7.10. The first-order valence-electron chi connectivity index (χ1n) is 7.07. The largest absolute Gasteiger partial charge is 0.472 e. The van der Waals surface area contributed by atoms with Crippen molar-refractivity contribution in [2.75, 3.05) is 6.79 Å². The van der Waals surface area contributed by atoms with Gasteiger partial charge in [-0.3, -0.25) is 4.79 Å². The summed E-state index contributed by atoms with van der Waals surface area (Å²) in [6.45, 7) is 0.683. The molecule has 3 heterocycles. The Hall–Kier alpha value is -2.73. The molecular weight excluding hydrogens is 314 g/mol. The van der Waals surface area contributed by atoms with Gasteiger partial charge in [-0.05, 0) is 41.3 Å². The quantitative estimate of drug-likeness (QED) is 0.794. The SMILES string of the molecule is O=C(NCc1cc(-c2ccoc2)cs1)c1ccc2c(c1)OCO2. The lowest BCUT2D eigenvalue weighted by Crippen LogP contribution is -2.22. The van der Waals surface area contributed by atoms with Crippen LogP contribution >= 0.6 is 11.3 Å². The van der Waals surface area contributed by atoms with Gasteiger partial charge in [0.15, 0.2) is 11.5 Å². The molecule has 1 aromatic carbocycles. The van der Waals surface area contributed by atoms with E-state index in [2.05, 4.69) is 11.4 Å². The van der Waals surface area contributed by atoms with Crippen LogP contribution in [0.25, 0.3) is 11.1 Å². The number of amides is 1. The second kappa shape index (κ2) is 5.81. The molecule has 1 amide bonds. The van der Waals surface area contributed by atoms with Crippen LogP contribution in [0.3, 0.4) is 0 Å². The Balaban J connectivity index is 1.42. The third-order valence-electron chi connectivity index (χ3n) is 3.57. The number of thiophene rings is 1. The van der Waals surface area contributed by atoms with E-state index in [0.717, 1.165) is 16.0 Å². The van der Waals surface area contributed by atoms with Gasteiger partial charge in [0.2, 0.25) is 6.79 Å². The first-order valence-corrected chi connectivity index (χ1v) is 7.95. The second-order valence-corrected chi connectivity index (χ2v) is 6.06. The smallest absolute Gasteiger partial charge is 0.251 e. The summed E-state index contributed by atoms with van der Waals surface area (Å²) in [5.41, 5.74) is 2.69. The van der Waals surface area contributed by atoms with Gasteiger partial charge in [-0.1, -0.05) is 0 Å². The van der Waals surface area contributed by atoms with Crippen LogP contribution in [0.2, 0.25) is 0 Å². The van der Waals surface area contributed by atoms with Crippen LogP contribution in [0.1, 0.15) is 15.2 Å². The predicted molar refractivity (Wildman–Crippen MR) is 85.8 cm³/mol. The molecule has 3 aromatic rings. The predicted octanol–water partition coefficient (Wildman–Crippen LogP) is 3.67. The monoisotopic (exact) mass is 327 g/mol. The van der Waals surface area contributed by atoms with Crippen LogP contribution in [-0.4, -0.2) is 12.7 Å². The fraction of sp³-hybridized carbons (Fsp3) is 0.118. The van der Waals surface area contributed by atoms with Crippen LogP contribution in [0.5, 0.6) is 11.5 Å². The molecule has 2 aromatic heterocycles. The van der Waals surface area contributed by atoms with Crippen LogP contribution < -0.4 is 14.8 Å². The summed E-state index contributed by atoms with van der Waals surface area (Å²) >= 11 is 1.60. The highest BCUT2D eigenvalue weighted by Gasteiger charge is 2.16. The molecule has 0 atom stereocenters. The molecule has 1 N–H and O–H groups in total. The average molecular weight is 327 g/mol. The topological polar surface area (TPSA) is 60.7 Å². The summed E-state index contributed by atoms with van der Waals surface area (Å²) in [5, 5.41) is 4.97. The lowest BCUT2D eigenvalue weighted by Gasteiger charge is -2.04. The van der Waals surface area contributed by atoms with Crippen LogP contribution in [0.4, 0.5) is 0 Å². The molecular formula is C17H13NO4S. The zero-order valence-corrected chi connectivity index (χ0v) is 12.9. The normalized spacial score (nSPS) is 12.3. The van der Waals surface area contributed by atoms with Crippen molar-refractivity contribution in [3.63, 3.8) is 0 Å². The molecule has 116 valence electrons. The van der Waals surface area contributed by atoms with E-state index < -0.39 is 0 Å². The Morgan fingerprint density at radius 2 is 2.04 bits per heavy atom. The van der Waals surface area contributed by atoms with Crippen molar-refractivity contribution in [3.8, 4) is 22.6 Å². The van der Waals surface area contributed by atoms with Gasteiger partial charge in [0, 0.05) is 16.0 Å². The van der Waals surface area contributed by atoms with E-state index in [9.17, 15) is 4.79 Å². The molecule has 1 aliphatic rings. The van der Waals surface area contributed by atoms with Gasteiger partial charge >= 0.3 is 0 Å². The van der Waals surface area contributed by atoms with Gasteiger partial charge < -0.3 is 19.2 Å². The van der Waals surface area contributed by atoms with Gasteiger partial charge in [0.05, 0.1) is 19.1 Å². The number of hydrogen-bond acceptors (Lipinski definition) is 5. The van der Waals surface area contributed by atoms with Crippen molar-refractivity contribution in [2.45, 2.75) is 6.54 Å². The van der Waals surface area contributed by atoms with Crippen molar-refractivity contribution in [1.82, 2.24) is 5.32 Å². The van der Waals surface area contributed by atoms with Crippen LogP contribution in [0.15, 0.2) is 52.7 Å². The lowest BCUT2D eigenvalue weighted by molar-refractivity contribution is 0.0951. The summed E-state index contributed by atoms with van der Waals surface area (Å²) in [5.74, 6) is 1.14. The van der Waals surface area contributed by atoms with Crippen molar-refractivity contribution in [2.24, 2.45) is 0 Å². The molecule has 0 spiro atoms. The molecule has 23 heavy (non-hydrogen) atoms. The third kappa shape index (κ3) is 2.80. The maximum atomic E-state index is 12.2. The van der Waals surface area contributed by atoms with E-state index in [1.165, 1.54) is 0 Å². The Bertz CT molecular complexity index is 838. The molecule has 4 rings (SSSR count). The molecule has 0 aliphatic carbocycles. The molecule has 0 saturated heterocycles. The highest BCUT2D eigenvalue weighted by atomic mass is 32.1. The zero-order chi connectivity index (χ0) is 15.6. The first kappa shape index (κ1) is 13.9. The molecule has 0 unspecified atom stereocenters. The van der Waals surface area contributed by atoms with Crippen molar-refractivity contribution in [3.05, 3.63) is 58.7 Å². The second-order valence-electron chi connectivity index (χ2n) is 5.06. The number of hydrogen-bond donors (Lipinski definition) is 1. The van der Waals surface area contributed by atoms with Gasteiger partial charge in [-0.15, -0.1) is 11.3 Å². The van der Waals surface area contributed by atoms with E-state index in [0.29, 0.717) is 23.6 Å². The molecule has 5 nitrogen and oxygen atoms in total. The van der Waals surface area contributed by atoms with E-state index >= 15 is 0 Å². The maximum Gasteiger partial charge on any atom is 0.251 e. The number of ether oxygens (including phenoxy) is 2. The minimum absolute atomic E-state index is 0.137. The Morgan fingerprint density at radius 3 is 2.91 bits per heavy atom. The van der Waals surface area contributed by atoms with E-state index in [1.807, 2.05) is 11.4 Å². The summed E-state index contributed by atoms with van der Waals surface area (Å²) < 4.78 is 15.6. The average Bonchev–Trinajstić information content (AvgIpc) is 3.32. The van der Waals surface area contributed by atoms with Crippen molar-refractivity contribution >= 4 is 17.2 Å². The molecule has 6 heteroatoms. The summed E-state index contributed by atoms with van der Waals surface area (Å²) in [7, 11) is 0. The Labute approximate surface area is 136 Å². The van der Waals surface area contributed by atoms with Crippen LogP contribution in [-0.2, 0) is 6.54 Å². The number of carbonyl (C=O) groups excluding carboxylic acids is 1. The fourth-order valence-electron chi connectivity index (χ4n) is 2.36. The summed E-state index contributed by atoms with van der Waals surface area (Å²) in [4.78, 5) is 13.3. The van der Waals surface area contributed by atoms with Gasteiger partial charge in [-0.25, -0.2) is 0 Å². The Kier molecular flexibility index (Phi) is 3.51. The number of fused-ring (bicyclic) bond motifs is 1. The first-order chi connectivity index (χ1) is 11.3. The van der Waals surface area contributed by atoms with E-state index in [1.54, 1.807) is 42.1 Å². The number of furan rings is 1. The highest BCUT2D eigenvalue weighted by Crippen LogP contribution is 2.32. The number of carbonyl (C=O) groups is 1. The van der Waals surface area contributed by atoms with E-state index in [4.69, 9.17) is 13.9 Å². The lowest BCUT2D eigenvalue weighted by atomic mass is 10.2. The number of rotatable bonds is 4. The van der Waals surface area contributed by atoms with Gasteiger partial charge in [-0.2, -0.15) is 0 Å². The fourth-order valence-corrected chi connectivity index (χ4v) is 3.19. The minimum atomic E-state index is -0.137. The summed E-state index contributed by atoms with van der Waals surface area (Å²) in [6, 6.07) is 9.14. The van der Waals surface area contributed by atoms with Crippen molar-refractivity contribution < 1.29 is 18.7 Å². The van der Waals surface area contributed by atoms with E-state index in [-0.39, 0.29) is 12.7 Å². The van der Waals surface area contributed by atoms with Crippen LogP contribution in [0, 0.1) is 0 Å². The summed E-state index contributed by atoms with van der Waals surface area (Å²) in [6.07, 6.45) is 3.35. The third-order valence-corrected chi connectivity index (χ3v) is 4.50. The molecule has 0 bridgehead atoms. The zero-order valence-electron chi connectivity index (χ0n) is 12.1. The minimum Gasteiger partial charge on any atom is -0.472 e. The standard InChI is InChI=1S/C17H13NO4S/c19-17(11-1-2-15-16(6-11)22-10-21-15)18-7-14-5-13(9-23-14)12-3-4-20-8-12/h1-6,8-9H,7,10H2,(H,18,19). The van der Waals surface area contributed by atoms with Gasteiger partial charge in [0.1, 0.15) is 0 Å². The van der Waals surface area contributed by atoms with Crippen molar-refractivity contribution in [1.29, 1.82) is 0 Å². The number of benzene rings is 1. The molecule has 0 radical (unpaired) electrons. The number of nitrogens with one attached hydrogen (secondary N) is 1. The van der Waals surface area contributed by atoms with Gasteiger partial charge in [0.25, 0.3) is 5.91 Å². The molecule has 1 aliphatic heterocycles. The Morgan fingerprint density at radius 1 is 1.13 bits per heavy atom. The maximum absolute atomic E-state index is 12.2.